The van der Waals surface area contributed by atoms with E-state index in [9.17, 15) is 4.79 Å². The number of rotatable bonds is 5. The minimum atomic E-state index is -0.225. The van der Waals surface area contributed by atoms with E-state index in [1.807, 2.05) is 6.07 Å². The first kappa shape index (κ1) is 13.3. The Balaban J connectivity index is 1.64. The van der Waals surface area contributed by atoms with Crippen LogP contribution >= 0.6 is 0 Å². The van der Waals surface area contributed by atoms with E-state index in [1.54, 1.807) is 0 Å². The largest absolute Gasteiger partial charge is 0.318 e. The summed E-state index contributed by atoms with van der Waals surface area (Å²) in [5, 5.41) is 3.64. The first-order valence-electron chi connectivity index (χ1n) is 8.39. The van der Waals surface area contributed by atoms with Crippen LogP contribution in [0.4, 0.5) is 0 Å². The molecule has 1 aromatic rings. The van der Waals surface area contributed by atoms with Crippen LogP contribution in [0.5, 0.6) is 0 Å². The molecule has 1 aliphatic heterocycles. The van der Waals surface area contributed by atoms with Crippen molar-refractivity contribution >= 4 is 5.91 Å². The Labute approximate surface area is 126 Å². The molecule has 3 fully saturated rings. The summed E-state index contributed by atoms with van der Waals surface area (Å²) in [6.07, 6.45) is 7.04. The summed E-state index contributed by atoms with van der Waals surface area (Å²) in [7, 11) is 0. The van der Waals surface area contributed by atoms with E-state index in [0.717, 1.165) is 25.2 Å². The summed E-state index contributed by atoms with van der Waals surface area (Å²) in [5.74, 6) is 1.21. The SMILES string of the molecule is CCC(CC1CC1)N1C(=O)C2(CC2)NC1c1ccccc1. The lowest BCUT2D eigenvalue weighted by Gasteiger charge is -2.32. The van der Waals surface area contributed by atoms with Crippen LogP contribution < -0.4 is 5.32 Å². The lowest BCUT2D eigenvalue weighted by Crippen LogP contribution is -2.40. The number of benzene rings is 1. The molecule has 112 valence electrons. The van der Waals surface area contributed by atoms with Gasteiger partial charge in [-0.3, -0.25) is 10.1 Å². The highest BCUT2D eigenvalue weighted by Crippen LogP contribution is 2.48. The smallest absolute Gasteiger partial charge is 0.244 e. The Kier molecular flexibility index (Phi) is 3.07. The van der Waals surface area contributed by atoms with Gasteiger partial charge in [0.15, 0.2) is 0 Å². The molecule has 21 heavy (non-hydrogen) atoms. The maximum absolute atomic E-state index is 12.9. The van der Waals surface area contributed by atoms with Gasteiger partial charge in [-0.15, -0.1) is 0 Å². The van der Waals surface area contributed by atoms with E-state index < -0.39 is 0 Å². The number of amides is 1. The van der Waals surface area contributed by atoms with Gasteiger partial charge in [0, 0.05) is 6.04 Å². The Morgan fingerprint density at radius 1 is 1.29 bits per heavy atom. The molecule has 2 atom stereocenters. The number of hydrogen-bond donors (Lipinski definition) is 1. The van der Waals surface area contributed by atoms with Gasteiger partial charge in [0.05, 0.1) is 0 Å². The number of hydrogen-bond acceptors (Lipinski definition) is 2. The number of nitrogens with zero attached hydrogens (tertiary/aromatic N) is 1. The summed E-state index contributed by atoms with van der Waals surface area (Å²) < 4.78 is 0. The Bertz CT molecular complexity index is 533. The second-order valence-corrected chi connectivity index (χ2v) is 6.99. The Hall–Kier alpha value is -1.35. The topological polar surface area (TPSA) is 32.3 Å². The highest BCUT2D eigenvalue weighted by molar-refractivity contribution is 5.92. The Morgan fingerprint density at radius 2 is 2.00 bits per heavy atom. The molecule has 1 heterocycles. The molecular formula is C18H24N2O. The second-order valence-electron chi connectivity index (χ2n) is 6.99. The molecule has 0 aromatic heterocycles. The van der Waals surface area contributed by atoms with E-state index in [0.29, 0.717) is 11.9 Å². The molecule has 1 aromatic carbocycles. The van der Waals surface area contributed by atoms with Crippen molar-refractivity contribution in [2.45, 2.75) is 63.2 Å². The zero-order chi connectivity index (χ0) is 14.4. The van der Waals surface area contributed by atoms with E-state index in [2.05, 4.69) is 41.4 Å². The van der Waals surface area contributed by atoms with Crippen molar-refractivity contribution in [3.8, 4) is 0 Å². The monoisotopic (exact) mass is 284 g/mol. The molecule has 3 heteroatoms. The quantitative estimate of drug-likeness (QED) is 0.900. The van der Waals surface area contributed by atoms with Crippen molar-refractivity contribution in [1.82, 2.24) is 10.2 Å². The molecule has 3 aliphatic rings. The van der Waals surface area contributed by atoms with Crippen molar-refractivity contribution in [2.24, 2.45) is 5.92 Å². The van der Waals surface area contributed by atoms with Gasteiger partial charge in [-0.05, 0) is 37.2 Å². The summed E-state index contributed by atoms with van der Waals surface area (Å²) in [5.41, 5.74) is 1.00. The highest BCUT2D eigenvalue weighted by atomic mass is 16.2. The minimum Gasteiger partial charge on any atom is -0.318 e. The minimum absolute atomic E-state index is 0.0740. The molecule has 2 saturated carbocycles. The van der Waals surface area contributed by atoms with Gasteiger partial charge >= 0.3 is 0 Å². The number of nitrogens with one attached hydrogen (secondary N) is 1. The molecule has 1 amide bonds. The van der Waals surface area contributed by atoms with Crippen LogP contribution in [0.25, 0.3) is 0 Å². The summed E-state index contributed by atoms with van der Waals surface area (Å²) in [6.45, 7) is 2.22. The van der Waals surface area contributed by atoms with E-state index in [4.69, 9.17) is 0 Å². The van der Waals surface area contributed by atoms with Crippen molar-refractivity contribution in [2.75, 3.05) is 0 Å². The lowest BCUT2D eigenvalue weighted by atomic mass is 10.0. The normalized spacial score (nSPS) is 28.1. The van der Waals surface area contributed by atoms with Gasteiger partial charge in [-0.25, -0.2) is 0 Å². The van der Waals surface area contributed by atoms with Crippen LogP contribution in [0.1, 0.15) is 57.2 Å². The molecule has 1 spiro atoms. The fourth-order valence-electron chi connectivity index (χ4n) is 3.71. The predicted octanol–water partition coefficient (Wildman–Crippen LogP) is 3.23. The van der Waals surface area contributed by atoms with Crippen LogP contribution in [0.2, 0.25) is 0 Å². The van der Waals surface area contributed by atoms with Crippen LogP contribution in [0.15, 0.2) is 30.3 Å². The molecule has 0 bridgehead atoms. The third-order valence-corrected chi connectivity index (χ3v) is 5.37. The van der Waals surface area contributed by atoms with E-state index in [-0.39, 0.29) is 11.7 Å². The fourth-order valence-corrected chi connectivity index (χ4v) is 3.71. The van der Waals surface area contributed by atoms with Crippen molar-refractivity contribution in [3.05, 3.63) is 35.9 Å². The van der Waals surface area contributed by atoms with Gasteiger partial charge in [-0.1, -0.05) is 50.1 Å². The van der Waals surface area contributed by atoms with Crippen molar-refractivity contribution in [3.63, 3.8) is 0 Å². The number of carbonyl (C=O) groups excluding carboxylic acids is 1. The van der Waals surface area contributed by atoms with Gasteiger partial charge in [0.25, 0.3) is 0 Å². The first-order valence-corrected chi connectivity index (χ1v) is 8.39. The van der Waals surface area contributed by atoms with Crippen LogP contribution in [0.3, 0.4) is 0 Å². The average molecular weight is 284 g/mol. The van der Waals surface area contributed by atoms with Gasteiger partial charge in [0.1, 0.15) is 11.7 Å². The molecule has 3 nitrogen and oxygen atoms in total. The third-order valence-electron chi connectivity index (χ3n) is 5.37. The van der Waals surface area contributed by atoms with Gasteiger partial charge in [-0.2, -0.15) is 0 Å². The van der Waals surface area contributed by atoms with Crippen molar-refractivity contribution < 1.29 is 4.79 Å². The first-order chi connectivity index (χ1) is 10.2. The molecule has 2 unspecified atom stereocenters. The van der Waals surface area contributed by atoms with Crippen molar-refractivity contribution in [1.29, 1.82) is 0 Å². The zero-order valence-electron chi connectivity index (χ0n) is 12.7. The molecule has 1 N–H and O–H groups in total. The standard InChI is InChI=1S/C18H24N2O/c1-2-15(12-13-8-9-13)20-16(14-6-4-3-5-7-14)19-18(10-11-18)17(20)21/h3-7,13,15-16,19H,2,8-12H2,1H3. The zero-order valence-corrected chi connectivity index (χ0v) is 12.7. The van der Waals surface area contributed by atoms with Gasteiger partial charge in [0.2, 0.25) is 5.91 Å². The number of carbonyl (C=O) groups is 1. The van der Waals surface area contributed by atoms with Crippen LogP contribution in [0, 0.1) is 5.92 Å². The molecule has 4 rings (SSSR count). The van der Waals surface area contributed by atoms with Gasteiger partial charge < -0.3 is 4.90 Å². The highest BCUT2D eigenvalue weighted by Gasteiger charge is 2.60. The maximum Gasteiger partial charge on any atom is 0.244 e. The molecule has 2 aliphatic carbocycles. The van der Waals surface area contributed by atoms with Crippen LogP contribution in [-0.2, 0) is 4.79 Å². The summed E-state index contributed by atoms with van der Waals surface area (Å²) in [6, 6.07) is 10.9. The average Bonchev–Trinajstić information content (AvgIpc) is 3.41. The summed E-state index contributed by atoms with van der Waals surface area (Å²) in [4.78, 5) is 15.1. The fraction of sp³-hybridized carbons (Fsp3) is 0.611. The molecule has 0 radical (unpaired) electrons. The molecular weight excluding hydrogens is 260 g/mol. The Morgan fingerprint density at radius 3 is 2.57 bits per heavy atom. The second kappa shape index (κ2) is 4.84. The predicted molar refractivity (Wildman–Crippen MR) is 82.5 cm³/mol. The lowest BCUT2D eigenvalue weighted by molar-refractivity contribution is -0.133. The van der Waals surface area contributed by atoms with E-state index >= 15 is 0 Å². The maximum atomic E-state index is 12.9. The van der Waals surface area contributed by atoms with Crippen LogP contribution in [-0.4, -0.2) is 22.4 Å². The molecule has 1 saturated heterocycles. The third kappa shape index (κ3) is 2.28. The summed E-state index contributed by atoms with van der Waals surface area (Å²) >= 11 is 0. The van der Waals surface area contributed by atoms with E-state index in [1.165, 1.54) is 24.8 Å².